The summed E-state index contributed by atoms with van der Waals surface area (Å²) in [6, 6.07) is 14.2. The summed E-state index contributed by atoms with van der Waals surface area (Å²) in [4.78, 5) is 21.6. The maximum Gasteiger partial charge on any atom is 0.223 e. The number of halogens is 1. The SMILES string of the molecule is Cc1c(Cl)ccc2sc(N3CCN(C(=O)CCc4ccccc4)CC3)nc12. The van der Waals surface area contributed by atoms with Gasteiger partial charge < -0.3 is 9.80 Å². The van der Waals surface area contributed by atoms with Gasteiger partial charge in [0.05, 0.1) is 10.2 Å². The third kappa shape index (κ3) is 3.94. The van der Waals surface area contributed by atoms with E-state index in [4.69, 9.17) is 16.6 Å². The van der Waals surface area contributed by atoms with Crippen LogP contribution < -0.4 is 4.90 Å². The third-order valence-corrected chi connectivity index (χ3v) is 6.60. The number of amides is 1. The summed E-state index contributed by atoms with van der Waals surface area (Å²) >= 11 is 7.91. The minimum absolute atomic E-state index is 0.241. The molecular weight excluding hydrogens is 378 g/mol. The first kappa shape index (κ1) is 18.3. The molecule has 0 atom stereocenters. The summed E-state index contributed by atoms with van der Waals surface area (Å²) in [5.41, 5.74) is 3.24. The Morgan fingerprint density at radius 2 is 1.85 bits per heavy atom. The number of hydrogen-bond acceptors (Lipinski definition) is 4. The quantitative estimate of drug-likeness (QED) is 0.646. The van der Waals surface area contributed by atoms with Gasteiger partial charge in [0.25, 0.3) is 0 Å². The monoisotopic (exact) mass is 399 g/mol. The number of benzene rings is 2. The highest BCUT2D eigenvalue weighted by atomic mass is 35.5. The molecule has 6 heteroatoms. The normalized spacial score (nSPS) is 14.7. The fourth-order valence-electron chi connectivity index (χ4n) is 3.43. The Morgan fingerprint density at radius 3 is 2.59 bits per heavy atom. The van der Waals surface area contributed by atoms with E-state index in [9.17, 15) is 4.79 Å². The molecule has 0 saturated carbocycles. The molecule has 0 N–H and O–H groups in total. The lowest BCUT2D eigenvalue weighted by molar-refractivity contribution is -0.131. The molecule has 4 nitrogen and oxygen atoms in total. The molecule has 0 unspecified atom stereocenters. The summed E-state index contributed by atoms with van der Waals surface area (Å²) in [7, 11) is 0. The van der Waals surface area contributed by atoms with Gasteiger partial charge in [0, 0.05) is 37.6 Å². The summed E-state index contributed by atoms with van der Waals surface area (Å²) in [6.07, 6.45) is 1.38. The maximum absolute atomic E-state index is 12.5. The number of aromatic nitrogens is 1. The zero-order valence-corrected chi connectivity index (χ0v) is 16.9. The van der Waals surface area contributed by atoms with Crippen LogP contribution in [0.25, 0.3) is 10.2 Å². The minimum atomic E-state index is 0.241. The standard InChI is InChI=1S/C21H22ClN3OS/c1-15-17(22)8-9-18-20(15)23-21(27-18)25-13-11-24(12-14-25)19(26)10-7-16-5-3-2-4-6-16/h2-6,8-9H,7,10-14H2,1H3. The van der Waals surface area contributed by atoms with Crippen molar-refractivity contribution >= 4 is 44.2 Å². The predicted molar refractivity (Wildman–Crippen MR) is 113 cm³/mol. The van der Waals surface area contributed by atoms with Crippen molar-refractivity contribution in [2.24, 2.45) is 0 Å². The number of rotatable bonds is 4. The van der Waals surface area contributed by atoms with Crippen LogP contribution >= 0.6 is 22.9 Å². The zero-order valence-electron chi connectivity index (χ0n) is 15.3. The van der Waals surface area contributed by atoms with Crippen LogP contribution in [0.4, 0.5) is 5.13 Å². The molecule has 2 aromatic carbocycles. The molecule has 0 radical (unpaired) electrons. The molecule has 1 aliphatic heterocycles. The summed E-state index contributed by atoms with van der Waals surface area (Å²) in [5.74, 6) is 0.241. The number of fused-ring (bicyclic) bond motifs is 1. The van der Waals surface area contributed by atoms with Gasteiger partial charge in [-0.1, -0.05) is 53.3 Å². The summed E-state index contributed by atoms with van der Waals surface area (Å²) < 4.78 is 1.16. The average molecular weight is 400 g/mol. The van der Waals surface area contributed by atoms with Crippen molar-refractivity contribution in [3.05, 3.63) is 58.6 Å². The van der Waals surface area contributed by atoms with Gasteiger partial charge in [-0.05, 0) is 36.6 Å². The van der Waals surface area contributed by atoms with E-state index in [1.165, 1.54) is 5.56 Å². The van der Waals surface area contributed by atoms with Crippen LogP contribution in [0.15, 0.2) is 42.5 Å². The van der Waals surface area contributed by atoms with E-state index >= 15 is 0 Å². The van der Waals surface area contributed by atoms with Crippen LogP contribution in [0.2, 0.25) is 5.02 Å². The molecule has 3 aromatic rings. The molecule has 1 aromatic heterocycles. The highest BCUT2D eigenvalue weighted by Gasteiger charge is 2.23. The highest BCUT2D eigenvalue weighted by molar-refractivity contribution is 7.22. The molecule has 1 aliphatic rings. The van der Waals surface area contributed by atoms with Crippen molar-refractivity contribution in [2.45, 2.75) is 19.8 Å². The Kier molecular flexibility index (Phi) is 5.32. The molecule has 0 aliphatic carbocycles. The molecule has 4 rings (SSSR count). The van der Waals surface area contributed by atoms with Gasteiger partial charge in [-0.3, -0.25) is 4.79 Å². The number of thiazole rings is 1. The van der Waals surface area contributed by atoms with E-state index in [0.29, 0.717) is 6.42 Å². The molecule has 1 fully saturated rings. The van der Waals surface area contributed by atoms with Crippen molar-refractivity contribution in [1.29, 1.82) is 0 Å². The van der Waals surface area contributed by atoms with Gasteiger partial charge in [-0.25, -0.2) is 4.98 Å². The van der Waals surface area contributed by atoms with Crippen LogP contribution in [0.3, 0.4) is 0 Å². The number of anilines is 1. The molecule has 1 amide bonds. The molecule has 1 saturated heterocycles. The van der Waals surface area contributed by atoms with E-state index in [1.54, 1.807) is 11.3 Å². The van der Waals surface area contributed by atoms with E-state index in [-0.39, 0.29) is 5.91 Å². The molecule has 2 heterocycles. The Hall–Kier alpha value is -2.11. The van der Waals surface area contributed by atoms with E-state index in [0.717, 1.165) is 58.5 Å². The fraction of sp³-hybridized carbons (Fsp3) is 0.333. The minimum Gasteiger partial charge on any atom is -0.345 e. The second-order valence-electron chi connectivity index (χ2n) is 6.87. The van der Waals surface area contributed by atoms with Gasteiger partial charge >= 0.3 is 0 Å². The van der Waals surface area contributed by atoms with Crippen molar-refractivity contribution in [1.82, 2.24) is 9.88 Å². The smallest absolute Gasteiger partial charge is 0.223 e. The Balaban J connectivity index is 1.36. The summed E-state index contributed by atoms with van der Waals surface area (Å²) in [5, 5.41) is 1.78. The molecule has 0 bridgehead atoms. The van der Waals surface area contributed by atoms with Gasteiger partial charge in [-0.15, -0.1) is 0 Å². The molecular formula is C21H22ClN3OS. The second-order valence-corrected chi connectivity index (χ2v) is 8.29. The Labute approximate surface area is 168 Å². The van der Waals surface area contributed by atoms with Gasteiger partial charge in [0.1, 0.15) is 0 Å². The zero-order chi connectivity index (χ0) is 18.8. The number of nitrogens with zero attached hydrogens (tertiary/aromatic N) is 3. The van der Waals surface area contributed by atoms with E-state index < -0.39 is 0 Å². The van der Waals surface area contributed by atoms with Gasteiger partial charge in [0.15, 0.2) is 5.13 Å². The van der Waals surface area contributed by atoms with Crippen LogP contribution in [0.1, 0.15) is 17.5 Å². The molecule has 27 heavy (non-hydrogen) atoms. The lowest BCUT2D eigenvalue weighted by Crippen LogP contribution is -2.48. The molecule has 140 valence electrons. The predicted octanol–water partition coefficient (Wildman–Crippen LogP) is 4.54. The lowest BCUT2D eigenvalue weighted by Gasteiger charge is -2.34. The van der Waals surface area contributed by atoms with Crippen LogP contribution in [0.5, 0.6) is 0 Å². The van der Waals surface area contributed by atoms with Crippen molar-refractivity contribution in [2.75, 3.05) is 31.1 Å². The molecule has 0 spiro atoms. The number of carbonyl (C=O) groups excluding carboxylic acids is 1. The first-order chi connectivity index (χ1) is 13.1. The van der Waals surface area contributed by atoms with Crippen LogP contribution in [-0.4, -0.2) is 42.0 Å². The van der Waals surface area contributed by atoms with Crippen molar-refractivity contribution in [3.63, 3.8) is 0 Å². The highest BCUT2D eigenvalue weighted by Crippen LogP contribution is 2.33. The number of piperazine rings is 1. The number of carbonyl (C=O) groups is 1. The van der Waals surface area contributed by atoms with Gasteiger partial charge in [0.2, 0.25) is 5.91 Å². The Morgan fingerprint density at radius 1 is 1.11 bits per heavy atom. The van der Waals surface area contributed by atoms with E-state index in [1.807, 2.05) is 42.2 Å². The maximum atomic E-state index is 12.5. The topological polar surface area (TPSA) is 36.4 Å². The van der Waals surface area contributed by atoms with Crippen LogP contribution in [0, 0.1) is 6.92 Å². The Bertz CT molecular complexity index is 949. The van der Waals surface area contributed by atoms with Gasteiger partial charge in [-0.2, -0.15) is 0 Å². The first-order valence-electron chi connectivity index (χ1n) is 9.24. The van der Waals surface area contributed by atoms with Crippen molar-refractivity contribution < 1.29 is 4.79 Å². The second kappa shape index (κ2) is 7.87. The van der Waals surface area contributed by atoms with Crippen LogP contribution in [-0.2, 0) is 11.2 Å². The lowest BCUT2D eigenvalue weighted by atomic mass is 10.1. The number of hydrogen-bond donors (Lipinski definition) is 0. The third-order valence-electron chi connectivity index (χ3n) is 5.11. The first-order valence-corrected chi connectivity index (χ1v) is 10.4. The van der Waals surface area contributed by atoms with Crippen molar-refractivity contribution in [3.8, 4) is 0 Å². The summed E-state index contributed by atoms with van der Waals surface area (Å²) in [6.45, 7) is 5.16. The average Bonchev–Trinajstić information content (AvgIpc) is 3.15. The van der Waals surface area contributed by atoms with E-state index in [2.05, 4.69) is 17.0 Å². The number of aryl methyl sites for hydroxylation is 2. The largest absolute Gasteiger partial charge is 0.345 e. The fourth-order valence-corrected chi connectivity index (χ4v) is 4.65.